The second-order valence-corrected chi connectivity index (χ2v) is 7.19. The molecule has 6 nitrogen and oxygen atoms in total. The van der Waals surface area contributed by atoms with E-state index in [9.17, 15) is 27.9 Å². The molecule has 0 aromatic heterocycles. The van der Waals surface area contributed by atoms with Crippen molar-refractivity contribution in [3.63, 3.8) is 0 Å². The molecule has 1 saturated heterocycles. The van der Waals surface area contributed by atoms with Gasteiger partial charge in [-0.15, -0.1) is 0 Å². The quantitative estimate of drug-likeness (QED) is 0.699. The smallest absolute Gasteiger partial charge is 0.416 e. The van der Waals surface area contributed by atoms with Crippen LogP contribution in [0.25, 0.3) is 0 Å². The molecule has 1 aliphatic rings. The summed E-state index contributed by atoms with van der Waals surface area (Å²) in [7, 11) is 0. The summed E-state index contributed by atoms with van der Waals surface area (Å²) in [6, 6.07) is 5.08. The van der Waals surface area contributed by atoms with Crippen LogP contribution in [-0.4, -0.2) is 59.5 Å². The number of hydrogen-bond donors (Lipinski definition) is 2. The van der Waals surface area contributed by atoms with Crippen LogP contribution in [0.15, 0.2) is 30.3 Å². The fraction of sp³-hybridized carbons (Fsp3) is 0.579. The molecule has 156 valence electrons. The molecule has 1 aliphatic heterocycles. The highest BCUT2D eigenvalue weighted by Gasteiger charge is 2.46. The molecule has 0 aliphatic carbocycles. The van der Waals surface area contributed by atoms with Crippen LogP contribution in [0.1, 0.15) is 25.8 Å². The molecule has 28 heavy (non-hydrogen) atoms. The van der Waals surface area contributed by atoms with Crippen molar-refractivity contribution in [2.45, 2.75) is 51.0 Å². The Morgan fingerprint density at radius 3 is 2.50 bits per heavy atom. The standard InChI is InChI=1S/C19H25F3N2O4/c1-12(2)15-11-28-18(27)24(15)17(26)9-16(19(20,21)22)23-14(10-25)8-13-6-4-3-5-7-13/h3-7,12,14-16,23,25H,8-11H2,1-2H3/t14-,15+,16+/m0/s1. The predicted molar refractivity (Wildman–Crippen MR) is 95.4 cm³/mol. The van der Waals surface area contributed by atoms with Gasteiger partial charge in [-0.1, -0.05) is 44.2 Å². The fourth-order valence-corrected chi connectivity index (χ4v) is 3.11. The molecule has 0 bridgehead atoms. The first-order valence-corrected chi connectivity index (χ1v) is 9.09. The van der Waals surface area contributed by atoms with Crippen LogP contribution < -0.4 is 5.32 Å². The van der Waals surface area contributed by atoms with Crippen LogP contribution in [0.4, 0.5) is 18.0 Å². The van der Waals surface area contributed by atoms with E-state index in [1.165, 1.54) is 0 Å². The van der Waals surface area contributed by atoms with Gasteiger partial charge in [-0.05, 0) is 17.9 Å². The van der Waals surface area contributed by atoms with Crippen LogP contribution in [0.2, 0.25) is 0 Å². The molecule has 2 N–H and O–H groups in total. The lowest BCUT2D eigenvalue weighted by atomic mass is 10.0. The van der Waals surface area contributed by atoms with Gasteiger partial charge in [0.1, 0.15) is 12.6 Å². The van der Waals surface area contributed by atoms with Crippen molar-refractivity contribution in [3.8, 4) is 0 Å². The van der Waals surface area contributed by atoms with Crippen molar-refractivity contribution < 1.29 is 32.6 Å². The summed E-state index contributed by atoms with van der Waals surface area (Å²) in [4.78, 5) is 25.1. The number of aliphatic hydroxyl groups is 1. The maximum atomic E-state index is 13.5. The van der Waals surface area contributed by atoms with Gasteiger partial charge in [0, 0.05) is 6.04 Å². The predicted octanol–water partition coefficient (Wildman–Crippen LogP) is 2.50. The van der Waals surface area contributed by atoms with Crippen molar-refractivity contribution in [2.75, 3.05) is 13.2 Å². The molecule has 1 heterocycles. The summed E-state index contributed by atoms with van der Waals surface area (Å²) in [6.07, 6.45) is -6.44. The van der Waals surface area contributed by atoms with E-state index in [0.29, 0.717) is 0 Å². The van der Waals surface area contributed by atoms with Gasteiger partial charge in [-0.3, -0.25) is 4.79 Å². The Bertz CT molecular complexity index is 667. The van der Waals surface area contributed by atoms with Gasteiger partial charge in [-0.2, -0.15) is 13.2 Å². The number of halogens is 3. The number of ether oxygens (including phenoxy) is 1. The summed E-state index contributed by atoms with van der Waals surface area (Å²) in [5.74, 6) is -1.09. The van der Waals surface area contributed by atoms with Gasteiger partial charge in [-0.25, -0.2) is 9.69 Å². The molecule has 1 aromatic carbocycles. The van der Waals surface area contributed by atoms with Crippen molar-refractivity contribution in [1.29, 1.82) is 0 Å². The molecule has 0 saturated carbocycles. The largest absolute Gasteiger partial charge is 0.447 e. The molecular weight excluding hydrogens is 377 g/mol. The average Bonchev–Trinajstić information content (AvgIpc) is 3.02. The first kappa shape index (κ1) is 22.2. The second-order valence-electron chi connectivity index (χ2n) is 7.19. The number of nitrogens with one attached hydrogen (secondary N) is 1. The number of benzene rings is 1. The Hall–Kier alpha value is -2.13. The number of aliphatic hydroxyl groups excluding tert-OH is 1. The van der Waals surface area contributed by atoms with Crippen molar-refractivity contribution in [1.82, 2.24) is 10.2 Å². The molecule has 0 spiro atoms. The number of imide groups is 1. The monoisotopic (exact) mass is 402 g/mol. The Morgan fingerprint density at radius 1 is 1.32 bits per heavy atom. The van der Waals surface area contributed by atoms with Gasteiger partial charge < -0.3 is 15.2 Å². The number of hydrogen-bond acceptors (Lipinski definition) is 5. The third kappa shape index (κ3) is 5.68. The molecule has 0 radical (unpaired) electrons. The number of amides is 2. The van der Waals surface area contributed by atoms with Crippen molar-refractivity contribution >= 4 is 12.0 Å². The number of carbonyl (C=O) groups excluding carboxylic acids is 2. The Balaban J connectivity index is 2.10. The van der Waals surface area contributed by atoms with E-state index in [1.54, 1.807) is 44.2 Å². The zero-order valence-corrected chi connectivity index (χ0v) is 15.8. The van der Waals surface area contributed by atoms with E-state index >= 15 is 0 Å². The van der Waals surface area contributed by atoms with E-state index < -0.39 is 49.3 Å². The number of carbonyl (C=O) groups is 2. The summed E-state index contributed by atoms with van der Waals surface area (Å²) in [5, 5.41) is 11.8. The maximum Gasteiger partial charge on any atom is 0.416 e. The van der Waals surface area contributed by atoms with Crippen LogP contribution in [0.5, 0.6) is 0 Å². The van der Waals surface area contributed by atoms with E-state index in [1.807, 2.05) is 0 Å². The molecule has 9 heteroatoms. The highest BCUT2D eigenvalue weighted by Crippen LogP contribution is 2.27. The molecule has 0 unspecified atom stereocenters. The van der Waals surface area contributed by atoms with Crippen LogP contribution in [0, 0.1) is 5.92 Å². The van der Waals surface area contributed by atoms with Crippen LogP contribution >= 0.6 is 0 Å². The SMILES string of the molecule is CC(C)[C@H]1COC(=O)N1C(=O)C[C@@H](N[C@H](CO)Cc1ccccc1)C(F)(F)F. The van der Waals surface area contributed by atoms with E-state index in [0.717, 1.165) is 10.5 Å². The van der Waals surface area contributed by atoms with Gasteiger partial charge in [0.25, 0.3) is 0 Å². The van der Waals surface area contributed by atoms with Crippen molar-refractivity contribution in [3.05, 3.63) is 35.9 Å². The number of nitrogens with zero attached hydrogens (tertiary/aromatic N) is 1. The molecule has 1 aromatic rings. The molecule has 3 atom stereocenters. The topological polar surface area (TPSA) is 78.9 Å². The lowest BCUT2D eigenvalue weighted by Crippen LogP contribution is -2.53. The normalized spacial score (nSPS) is 19.6. The molecular formula is C19H25F3N2O4. The highest BCUT2D eigenvalue weighted by atomic mass is 19.4. The van der Waals surface area contributed by atoms with Gasteiger partial charge >= 0.3 is 12.3 Å². The molecule has 2 amide bonds. The zero-order chi connectivity index (χ0) is 20.9. The second kappa shape index (κ2) is 9.38. The van der Waals surface area contributed by atoms with Gasteiger partial charge in [0.05, 0.1) is 19.1 Å². The van der Waals surface area contributed by atoms with Crippen LogP contribution in [0.3, 0.4) is 0 Å². The van der Waals surface area contributed by atoms with Gasteiger partial charge in [0.2, 0.25) is 5.91 Å². The Kier molecular flexibility index (Phi) is 7.42. The minimum atomic E-state index is -4.73. The Labute approximate surface area is 161 Å². The fourth-order valence-electron chi connectivity index (χ4n) is 3.11. The lowest BCUT2D eigenvalue weighted by Gasteiger charge is -2.29. The zero-order valence-electron chi connectivity index (χ0n) is 15.8. The summed E-state index contributed by atoms with van der Waals surface area (Å²) in [5.41, 5.74) is 0.754. The van der Waals surface area contributed by atoms with Crippen molar-refractivity contribution in [2.24, 2.45) is 5.92 Å². The maximum absolute atomic E-state index is 13.5. The third-order valence-corrected chi connectivity index (χ3v) is 4.70. The molecule has 1 fully saturated rings. The summed E-state index contributed by atoms with van der Waals surface area (Å²) in [6.45, 7) is 2.96. The third-order valence-electron chi connectivity index (χ3n) is 4.70. The minimum Gasteiger partial charge on any atom is -0.447 e. The number of rotatable bonds is 8. The summed E-state index contributed by atoms with van der Waals surface area (Å²) >= 11 is 0. The van der Waals surface area contributed by atoms with Gasteiger partial charge in [0.15, 0.2) is 0 Å². The highest BCUT2D eigenvalue weighted by molar-refractivity contribution is 5.93. The van der Waals surface area contributed by atoms with E-state index in [4.69, 9.17) is 4.74 Å². The first-order valence-electron chi connectivity index (χ1n) is 9.09. The summed E-state index contributed by atoms with van der Waals surface area (Å²) < 4.78 is 45.4. The number of cyclic esters (lactones) is 1. The van der Waals surface area contributed by atoms with E-state index in [-0.39, 0.29) is 18.9 Å². The lowest BCUT2D eigenvalue weighted by molar-refractivity contribution is -0.166. The minimum absolute atomic E-state index is 0.0281. The Morgan fingerprint density at radius 2 is 1.96 bits per heavy atom. The number of alkyl halides is 3. The van der Waals surface area contributed by atoms with Crippen LogP contribution in [-0.2, 0) is 16.0 Å². The first-order chi connectivity index (χ1) is 13.1. The average molecular weight is 402 g/mol. The molecule has 2 rings (SSSR count). The van der Waals surface area contributed by atoms with E-state index in [2.05, 4.69) is 5.32 Å².